The van der Waals surface area contributed by atoms with Gasteiger partial charge in [-0.05, 0) is 104 Å². The van der Waals surface area contributed by atoms with E-state index in [4.69, 9.17) is 0 Å². The van der Waals surface area contributed by atoms with Crippen LogP contribution in [0.15, 0.2) is 51.1 Å². The third-order valence-corrected chi connectivity index (χ3v) is 13.1. The van der Waals surface area contributed by atoms with E-state index in [9.17, 15) is 0 Å². The van der Waals surface area contributed by atoms with Gasteiger partial charge in [-0.2, -0.15) is 0 Å². The summed E-state index contributed by atoms with van der Waals surface area (Å²) >= 11 is 0. The highest BCUT2D eigenvalue weighted by atomic mass is 14.6. The predicted octanol–water partition coefficient (Wildman–Crippen LogP) is 14.6. The number of rotatable bonds is 14. The van der Waals surface area contributed by atoms with E-state index in [1.54, 1.807) is 6.42 Å². The molecular weight excluding hydrogens is 516 g/mol. The van der Waals surface area contributed by atoms with E-state index < -0.39 is 0 Å². The highest BCUT2D eigenvalue weighted by Gasteiger charge is 2.59. The molecule has 0 amide bonds. The molecule has 4 aliphatic carbocycles. The highest BCUT2D eigenvalue weighted by Crippen LogP contribution is 2.67. The molecule has 3 fully saturated rings. The monoisotopic (exact) mass is 595 g/mol. The predicted molar refractivity (Wildman–Crippen MR) is 198 cm³/mol. The molecule has 0 radical (unpaired) electrons. The minimum Gasteiger partial charge on any atom is -0.106 e. The van der Waals surface area contributed by atoms with Gasteiger partial charge < -0.3 is 0 Å². The zero-order chi connectivity index (χ0) is 32.5. The van der Waals surface area contributed by atoms with Crippen LogP contribution < -0.4 is 0 Å². The van der Waals surface area contributed by atoms with Crippen molar-refractivity contribution in [2.45, 2.75) is 170 Å². The molecule has 0 spiro atoms. The topological polar surface area (TPSA) is 0 Å². The van der Waals surface area contributed by atoms with Gasteiger partial charge in [0.25, 0.3) is 0 Å². The Balaban J connectivity index is 0.00000145. The molecule has 0 aromatic rings. The van der Waals surface area contributed by atoms with Crippen molar-refractivity contribution in [3.8, 4) is 0 Å². The Morgan fingerprint density at radius 1 is 0.698 bits per heavy atom. The van der Waals surface area contributed by atoms with Crippen molar-refractivity contribution in [2.24, 2.45) is 52.3 Å². The van der Waals surface area contributed by atoms with Crippen molar-refractivity contribution in [1.82, 2.24) is 0 Å². The Morgan fingerprint density at radius 2 is 1.26 bits per heavy atom. The average Bonchev–Trinajstić information content (AvgIpc) is 3.39. The summed E-state index contributed by atoms with van der Waals surface area (Å²) in [6, 6.07) is 0. The summed E-state index contributed by atoms with van der Waals surface area (Å²) in [5, 5.41) is 0. The zero-order valence-corrected chi connectivity index (χ0v) is 30.5. The molecule has 0 bridgehead atoms. The van der Waals surface area contributed by atoms with Gasteiger partial charge in [0.05, 0.1) is 0 Å². The maximum absolute atomic E-state index is 3.00. The summed E-state index contributed by atoms with van der Waals surface area (Å²) in [6.07, 6.45) is 32.4. The first-order valence-electron chi connectivity index (χ1n) is 19.0. The van der Waals surface area contributed by atoms with E-state index in [-0.39, 0.29) is 0 Å². The summed E-state index contributed by atoms with van der Waals surface area (Å²) < 4.78 is 0. The van der Waals surface area contributed by atoms with Crippen LogP contribution >= 0.6 is 0 Å². The summed E-state index contributed by atoms with van der Waals surface area (Å²) in [6.45, 7) is 33.4. The van der Waals surface area contributed by atoms with Crippen LogP contribution in [0.25, 0.3) is 0 Å². The molecule has 0 heteroatoms. The van der Waals surface area contributed by atoms with Crippen LogP contribution in [0.2, 0.25) is 0 Å². The van der Waals surface area contributed by atoms with Gasteiger partial charge in [-0.1, -0.05) is 130 Å². The van der Waals surface area contributed by atoms with E-state index in [0.29, 0.717) is 10.8 Å². The van der Waals surface area contributed by atoms with Gasteiger partial charge in [0.2, 0.25) is 0 Å². The molecule has 4 rings (SSSR count). The maximum Gasteiger partial charge on any atom is -0.00851 e. The fourth-order valence-corrected chi connectivity index (χ4v) is 10.6. The molecule has 8 atom stereocenters. The van der Waals surface area contributed by atoms with Crippen LogP contribution in [-0.4, -0.2) is 0 Å². The third kappa shape index (κ3) is 10.2. The molecule has 0 aromatic heterocycles. The lowest BCUT2D eigenvalue weighted by molar-refractivity contribution is -0.0538. The first-order chi connectivity index (χ1) is 20.8. The normalized spacial score (nSPS) is 33.1. The van der Waals surface area contributed by atoms with E-state index in [1.807, 2.05) is 5.57 Å². The standard InChI is InChI=1S/C37H66.3C2H4/c1-7-8-9-10-11-12-13-14-15-16-17-18-29(4)33-21-22-34-32-20-19-31-27-30(28(2)3)23-25-36(31,5)35(32)24-26-37(33,34)6;3*1-2/h19,28-30,32-35H,7-18,20-27H2,1-6H3;3*1-2H2/t29-,30+,32?,33-,34+,35+,36+,37-;;;/m1.../s1. The Morgan fingerprint density at radius 3 is 1.81 bits per heavy atom. The molecule has 3 saturated carbocycles. The van der Waals surface area contributed by atoms with Crippen LogP contribution in [0.5, 0.6) is 0 Å². The van der Waals surface area contributed by atoms with Crippen LogP contribution in [0.4, 0.5) is 0 Å². The van der Waals surface area contributed by atoms with Gasteiger partial charge in [-0.15, -0.1) is 39.5 Å². The molecule has 4 aliphatic rings. The van der Waals surface area contributed by atoms with Crippen LogP contribution in [0.1, 0.15) is 170 Å². The van der Waals surface area contributed by atoms with Crippen LogP contribution in [0, 0.1) is 52.3 Å². The Labute approximate surface area is 272 Å². The molecule has 0 N–H and O–H groups in total. The minimum atomic E-state index is 0.537. The van der Waals surface area contributed by atoms with Crippen molar-refractivity contribution < 1.29 is 0 Å². The second kappa shape index (κ2) is 20.9. The van der Waals surface area contributed by atoms with Crippen molar-refractivity contribution in [3.63, 3.8) is 0 Å². The highest BCUT2D eigenvalue weighted by molar-refractivity contribution is 5.25. The maximum atomic E-state index is 3.00. The first-order valence-corrected chi connectivity index (χ1v) is 19.0. The lowest BCUT2D eigenvalue weighted by Crippen LogP contribution is -2.50. The van der Waals surface area contributed by atoms with Crippen molar-refractivity contribution in [3.05, 3.63) is 51.1 Å². The number of hydrogen-bond donors (Lipinski definition) is 0. The lowest BCUT2D eigenvalue weighted by Gasteiger charge is -2.59. The molecule has 0 saturated heterocycles. The van der Waals surface area contributed by atoms with Crippen LogP contribution in [0.3, 0.4) is 0 Å². The molecule has 0 nitrogen and oxygen atoms in total. The lowest BCUT2D eigenvalue weighted by atomic mass is 9.46. The van der Waals surface area contributed by atoms with Crippen LogP contribution in [-0.2, 0) is 0 Å². The quantitative estimate of drug-likeness (QED) is 0.139. The SMILES string of the molecule is C=C.C=C.C=C.CCCCCCCCCCCCC[C@@H](C)[C@H]1CC[C@H]2C3CC=C4C[C@@H](C(C)C)CC[C@]4(C)[C@H]3CC[C@]12C. The average molecular weight is 595 g/mol. The molecular formula is C43H78. The molecule has 250 valence electrons. The van der Waals surface area contributed by atoms with Gasteiger partial charge >= 0.3 is 0 Å². The summed E-state index contributed by atoms with van der Waals surface area (Å²) in [5.41, 5.74) is 3.06. The van der Waals surface area contributed by atoms with Gasteiger partial charge in [0, 0.05) is 0 Å². The minimum absolute atomic E-state index is 0.537. The Kier molecular flexibility index (Phi) is 19.4. The van der Waals surface area contributed by atoms with Gasteiger partial charge in [0.1, 0.15) is 0 Å². The molecule has 43 heavy (non-hydrogen) atoms. The number of unbranched alkanes of at least 4 members (excludes halogenated alkanes) is 10. The van der Waals surface area contributed by atoms with E-state index in [2.05, 4.69) is 87.1 Å². The van der Waals surface area contributed by atoms with E-state index >= 15 is 0 Å². The van der Waals surface area contributed by atoms with Gasteiger partial charge in [-0.25, -0.2) is 0 Å². The summed E-state index contributed by atoms with van der Waals surface area (Å²) in [7, 11) is 0. The third-order valence-electron chi connectivity index (χ3n) is 13.1. The Bertz CT molecular complexity index is 755. The van der Waals surface area contributed by atoms with Crippen molar-refractivity contribution in [2.75, 3.05) is 0 Å². The number of hydrogen-bond acceptors (Lipinski definition) is 0. The molecule has 1 unspecified atom stereocenters. The molecule has 0 heterocycles. The fraction of sp³-hybridized carbons (Fsp3) is 0.814. The zero-order valence-electron chi connectivity index (χ0n) is 30.5. The van der Waals surface area contributed by atoms with Crippen molar-refractivity contribution >= 4 is 0 Å². The number of allylic oxidation sites excluding steroid dienone is 2. The van der Waals surface area contributed by atoms with E-state index in [0.717, 1.165) is 41.4 Å². The largest absolute Gasteiger partial charge is 0.106 e. The second-order valence-corrected chi connectivity index (χ2v) is 15.5. The van der Waals surface area contributed by atoms with E-state index in [1.165, 1.54) is 122 Å². The molecule has 0 aliphatic heterocycles. The Hall–Kier alpha value is -1.04. The van der Waals surface area contributed by atoms with Gasteiger partial charge in [-0.3, -0.25) is 0 Å². The smallest absolute Gasteiger partial charge is 0.00851 e. The summed E-state index contributed by atoms with van der Waals surface area (Å²) in [4.78, 5) is 0. The first kappa shape index (κ1) is 40.0. The molecule has 0 aromatic carbocycles. The fourth-order valence-electron chi connectivity index (χ4n) is 10.6. The van der Waals surface area contributed by atoms with Crippen molar-refractivity contribution in [1.29, 1.82) is 0 Å². The summed E-state index contributed by atoms with van der Waals surface area (Å²) in [5.74, 6) is 6.72. The second-order valence-electron chi connectivity index (χ2n) is 15.5. The van der Waals surface area contributed by atoms with Gasteiger partial charge in [0.15, 0.2) is 0 Å². The number of fused-ring (bicyclic) bond motifs is 5.